The van der Waals surface area contributed by atoms with Crippen molar-refractivity contribution in [3.05, 3.63) is 17.5 Å². The van der Waals surface area contributed by atoms with E-state index >= 15 is 0 Å². The fourth-order valence-corrected chi connectivity index (χ4v) is 4.23. The molecule has 0 bridgehead atoms. The topological polar surface area (TPSA) is 72.2 Å². The second-order valence-corrected chi connectivity index (χ2v) is 7.06. The molecule has 96 valence electrons. The molecule has 0 aliphatic carbocycles. The SMILES string of the molecule is Cc1cc(CC(O)C2CCS(=O)(=O)C2)n(C)n1. The first-order chi connectivity index (χ1) is 7.87. The smallest absolute Gasteiger partial charge is 0.150 e. The maximum absolute atomic E-state index is 11.3. The number of nitrogens with zero attached hydrogens (tertiary/aromatic N) is 2. The highest BCUT2D eigenvalue weighted by molar-refractivity contribution is 7.91. The molecule has 17 heavy (non-hydrogen) atoms. The summed E-state index contributed by atoms with van der Waals surface area (Å²) in [6.07, 6.45) is 0.444. The van der Waals surface area contributed by atoms with Crippen LogP contribution in [-0.2, 0) is 23.3 Å². The van der Waals surface area contributed by atoms with Crippen molar-refractivity contribution in [2.24, 2.45) is 13.0 Å². The third-order valence-electron chi connectivity index (χ3n) is 3.33. The summed E-state index contributed by atoms with van der Waals surface area (Å²) in [6.45, 7) is 1.90. The summed E-state index contributed by atoms with van der Waals surface area (Å²) in [5.74, 6) is 0.194. The first-order valence-corrected chi connectivity index (χ1v) is 7.57. The van der Waals surface area contributed by atoms with Gasteiger partial charge in [0.2, 0.25) is 0 Å². The standard InChI is InChI=1S/C11H18N2O3S/c1-8-5-10(13(2)12-8)6-11(14)9-3-4-17(15,16)7-9/h5,9,11,14H,3-4,6-7H2,1-2H3. The molecule has 0 aromatic carbocycles. The number of rotatable bonds is 3. The number of aliphatic hydroxyl groups is 1. The Balaban J connectivity index is 2.03. The average molecular weight is 258 g/mol. The van der Waals surface area contributed by atoms with Crippen LogP contribution in [0.2, 0.25) is 0 Å². The van der Waals surface area contributed by atoms with Crippen molar-refractivity contribution >= 4 is 9.84 Å². The van der Waals surface area contributed by atoms with Crippen LogP contribution in [0.25, 0.3) is 0 Å². The van der Waals surface area contributed by atoms with E-state index < -0.39 is 15.9 Å². The molecule has 2 rings (SSSR count). The number of aryl methyl sites for hydroxylation is 2. The monoisotopic (exact) mass is 258 g/mol. The van der Waals surface area contributed by atoms with Crippen LogP contribution in [0.4, 0.5) is 0 Å². The molecule has 0 saturated carbocycles. The van der Waals surface area contributed by atoms with Gasteiger partial charge >= 0.3 is 0 Å². The van der Waals surface area contributed by atoms with Crippen molar-refractivity contribution in [3.8, 4) is 0 Å². The van der Waals surface area contributed by atoms with Crippen LogP contribution in [0.1, 0.15) is 17.8 Å². The normalized spacial score (nSPS) is 25.0. The van der Waals surface area contributed by atoms with Gasteiger partial charge in [-0.15, -0.1) is 0 Å². The Kier molecular flexibility index (Phi) is 3.27. The van der Waals surface area contributed by atoms with E-state index in [0.29, 0.717) is 12.8 Å². The highest BCUT2D eigenvalue weighted by atomic mass is 32.2. The zero-order chi connectivity index (χ0) is 12.6. The predicted molar refractivity (Wildman–Crippen MR) is 64.4 cm³/mol. The molecule has 0 radical (unpaired) electrons. The molecule has 2 unspecified atom stereocenters. The molecule has 0 spiro atoms. The fourth-order valence-electron chi connectivity index (χ4n) is 2.36. The molecule has 1 aliphatic rings. The second-order valence-electron chi connectivity index (χ2n) is 4.84. The maximum Gasteiger partial charge on any atom is 0.150 e. The van der Waals surface area contributed by atoms with Crippen molar-refractivity contribution in [3.63, 3.8) is 0 Å². The van der Waals surface area contributed by atoms with Crippen molar-refractivity contribution in [1.29, 1.82) is 0 Å². The first-order valence-electron chi connectivity index (χ1n) is 5.75. The van der Waals surface area contributed by atoms with Crippen LogP contribution in [0.15, 0.2) is 6.07 Å². The molecule has 1 aromatic heterocycles. The van der Waals surface area contributed by atoms with Gasteiger partial charge in [0.05, 0.1) is 23.3 Å². The van der Waals surface area contributed by atoms with Crippen molar-refractivity contribution in [2.75, 3.05) is 11.5 Å². The zero-order valence-electron chi connectivity index (χ0n) is 10.1. The summed E-state index contributed by atoms with van der Waals surface area (Å²) >= 11 is 0. The number of aliphatic hydroxyl groups excluding tert-OH is 1. The van der Waals surface area contributed by atoms with Gasteiger partial charge in [-0.2, -0.15) is 5.10 Å². The summed E-state index contributed by atoms with van der Waals surface area (Å²) in [6, 6.07) is 1.92. The zero-order valence-corrected chi connectivity index (χ0v) is 10.9. The molecule has 1 N–H and O–H groups in total. The molecule has 0 amide bonds. The van der Waals surface area contributed by atoms with Gasteiger partial charge in [-0.1, -0.05) is 0 Å². The molecule has 6 heteroatoms. The van der Waals surface area contributed by atoms with Crippen LogP contribution in [0.3, 0.4) is 0 Å². The van der Waals surface area contributed by atoms with Gasteiger partial charge < -0.3 is 5.11 Å². The van der Waals surface area contributed by atoms with Crippen LogP contribution >= 0.6 is 0 Å². The Morgan fingerprint density at radius 2 is 2.35 bits per heavy atom. The minimum atomic E-state index is -2.92. The van der Waals surface area contributed by atoms with Gasteiger partial charge in [-0.25, -0.2) is 8.42 Å². The Morgan fingerprint density at radius 3 is 2.82 bits per heavy atom. The molecule has 5 nitrogen and oxygen atoms in total. The van der Waals surface area contributed by atoms with E-state index in [1.165, 1.54) is 0 Å². The molecule has 2 heterocycles. The highest BCUT2D eigenvalue weighted by Crippen LogP contribution is 2.23. The van der Waals surface area contributed by atoms with E-state index in [4.69, 9.17) is 0 Å². The third-order valence-corrected chi connectivity index (χ3v) is 5.12. The Bertz CT molecular complexity index is 507. The third kappa shape index (κ3) is 2.87. The lowest BCUT2D eigenvalue weighted by molar-refractivity contribution is 0.118. The van der Waals surface area contributed by atoms with E-state index in [9.17, 15) is 13.5 Å². The first kappa shape index (κ1) is 12.6. The molecule has 2 atom stereocenters. The summed E-state index contributed by atoms with van der Waals surface area (Å²) < 4.78 is 24.4. The molecule has 1 fully saturated rings. The number of hydrogen-bond acceptors (Lipinski definition) is 4. The molecule has 1 saturated heterocycles. The van der Waals surface area contributed by atoms with Crippen LogP contribution in [0, 0.1) is 12.8 Å². The number of hydrogen-bond donors (Lipinski definition) is 1. The molecular weight excluding hydrogens is 240 g/mol. The summed E-state index contributed by atoms with van der Waals surface area (Å²) in [4.78, 5) is 0. The van der Waals surface area contributed by atoms with Gasteiger partial charge in [-0.05, 0) is 19.4 Å². The van der Waals surface area contributed by atoms with Gasteiger partial charge in [0, 0.05) is 25.1 Å². The quantitative estimate of drug-likeness (QED) is 0.832. The maximum atomic E-state index is 11.3. The van der Waals surface area contributed by atoms with Gasteiger partial charge in [0.1, 0.15) is 0 Å². The van der Waals surface area contributed by atoms with E-state index in [1.807, 2.05) is 20.0 Å². The summed E-state index contributed by atoms with van der Waals surface area (Å²) in [5, 5.41) is 14.3. The van der Waals surface area contributed by atoms with Gasteiger partial charge in [0.25, 0.3) is 0 Å². The lowest BCUT2D eigenvalue weighted by Crippen LogP contribution is -2.24. The lowest BCUT2D eigenvalue weighted by atomic mass is 9.98. The van der Waals surface area contributed by atoms with Crippen molar-refractivity contribution in [1.82, 2.24) is 9.78 Å². The van der Waals surface area contributed by atoms with Gasteiger partial charge in [0.15, 0.2) is 9.84 Å². The van der Waals surface area contributed by atoms with Crippen molar-refractivity contribution < 1.29 is 13.5 Å². The molecular formula is C11H18N2O3S. The fraction of sp³-hybridized carbons (Fsp3) is 0.727. The van der Waals surface area contributed by atoms with E-state index in [2.05, 4.69) is 5.10 Å². The minimum Gasteiger partial charge on any atom is -0.392 e. The largest absolute Gasteiger partial charge is 0.392 e. The summed E-state index contributed by atoms with van der Waals surface area (Å²) in [5.41, 5.74) is 1.85. The molecule has 1 aromatic rings. The predicted octanol–water partition coefficient (Wildman–Crippen LogP) is 0.0666. The van der Waals surface area contributed by atoms with Crippen LogP contribution in [-0.4, -0.2) is 40.9 Å². The Labute approximate surface area is 101 Å². The van der Waals surface area contributed by atoms with E-state index in [-0.39, 0.29) is 17.4 Å². The van der Waals surface area contributed by atoms with E-state index in [0.717, 1.165) is 11.4 Å². The van der Waals surface area contributed by atoms with Crippen molar-refractivity contribution in [2.45, 2.75) is 25.9 Å². The Morgan fingerprint density at radius 1 is 1.65 bits per heavy atom. The lowest BCUT2D eigenvalue weighted by Gasteiger charge is -2.16. The van der Waals surface area contributed by atoms with Crippen LogP contribution < -0.4 is 0 Å². The number of sulfone groups is 1. The van der Waals surface area contributed by atoms with Crippen LogP contribution in [0.5, 0.6) is 0 Å². The van der Waals surface area contributed by atoms with Gasteiger partial charge in [-0.3, -0.25) is 4.68 Å². The Hall–Kier alpha value is -0.880. The minimum absolute atomic E-state index is 0.116. The molecule has 1 aliphatic heterocycles. The second kappa shape index (κ2) is 4.42. The highest BCUT2D eigenvalue weighted by Gasteiger charge is 2.33. The van der Waals surface area contributed by atoms with E-state index in [1.54, 1.807) is 4.68 Å². The average Bonchev–Trinajstić information content (AvgIpc) is 2.70. The number of aromatic nitrogens is 2. The summed E-state index contributed by atoms with van der Waals surface area (Å²) in [7, 11) is -1.09.